The van der Waals surface area contributed by atoms with Gasteiger partial charge in [-0.2, -0.15) is 4.31 Å². The van der Waals surface area contributed by atoms with Crippen LogP contribution in [0.15, 0.2) is 53.4 Å². The van der Waals surface area contributed by atoms with Gasteiger partial charge in [-0.1, -0.05) is 17.7 Å². The number of fused-ring (bicyclic) bond motifs is 1. The van der Waals surface area contributed by atoms with E-state index in [1.807, 2.05) is 19.1 Å². The van der Waals surface area contributed by atoms with Crippen LogP contribution >= 0.6 is 11.3 Å². The number of hydrogen-bond donors (Lipinski definition) is 1. The highest BCUT2D eigenvalue weighted by Gasteiger charge is 2.32. The molecule has 9 heteroatoms. The van der Waals surface area contributed by atoms with Gasteiger partial charge in [-0.25, -0.2) is 13.2 Å². The number of sulfonamides is 1. The molecule has 2 aromatic carbocycles. The molecule has 2 heterocycles. The van der Waals surface area contributed by atoms with Crippen molar-refractivity contribution in [1.29, 1.82) is 0 Å². The van der Waals surface area contributed by atoms with E-state index in [4.69, 9.17) is 4.74 Å². The Morgan fingerprint density at radius 3 is 2.41 bits per heavy atom. The van der Waals surface area contributed by atoms with Crippen LogP contribution in [0.2, 0.25) is 0 Å². The minimum atomic E-state index is -3.55. The van der Waals surface area contributed by atoms with E-state index in [1.165, 1.54) is 22.8 Å². The molecule has 4 rings (SSSR count). The van der Waals surface area contributed by atoms with Crippen molar-refractivity contribution >= 4 is 49.0 Å². The van der Waals surface area contributed by atoms with Crippen LogP contribution in [0.1, 0.15) is 28.1 Å². The summed E-state index contributed by atoms with van der Waals surface area (Å²) in [5.74, 6) is -0.771. The van der Waals surface area contributed by atoms with Gasteiger partial charge in [0.2, 0.25) is 15.9 Å². The van der Waals surface area contributed by atoms with Crippen molar-refractivity contribution in [3.63, 3.8) is 0 Å². The largest absolute Gasteiger partial charge is 0.465 e. The Bertz CT molecular complexity index is 1260. The van der Waals surface area contributed by atoms with Gasteiger partial charge in [0, 0.05) is 29.4 Å². The summed E-state index contributed by atoms with van der Waals surface area (Å²) in [4.78, 5) is 25.3. The van der Waals surface area contributed by atoms with E-state index >= 15 is 0 Å². The lowest BCUT2D eigenvalue weighted by Gasteiger charge is -2.30. The number of piperidine rings is 1. The number of methoxy groups -OCH3 is 1. The first kappa shape index (κ1) is 22.4. The Balaban J connectivity index is 1.39. The van der Waals surface area contributed by atoms with Gasteiger partial charge < -0.3 is 10.1 Å². The summed E-state index contributed by atoms with van der Waals surface area (Å²) in [6.45, 7) is 2.52. The van der Waals surface area contributed by atoms with Crippen molar-refractivity contribution in [3.05, 3.63) is 59.0 Å². The lowest BCUT2D eigenvalue weighted by Crippen LogP contribution is -2.41. The van der Waals surface area contributed by atoms with Gasteiger partial charge in [0.1, 0.15) is 4.88 Å². The normalized spacial score (nSPS) is 15.6. The molecule has 0 bridgehead atoms. The number of aryl methyl sites for hydroxylation is 1. The number of carbonyl (C=O) groups excluding carboxylic acids is 2. The first-order chi connectivity index (χ1) is 15.3. The Labute approximate surface area is 191 Å². The van der Waals surface area contributed by atoms with Crippen LogP contribution in [0.3, 0.4) is 0 Å². The summed E-state index contributed by atoms with van der Waals surface area (Å²) in [5, 5.41) is 3.78. The van der Waals surface area contributed by atoms with Gasteiger partial charge in [-0.15, -0.1) is 11.3 Å². The van der Waals surface area contributed by atoms with Crippen LogP contribution in [0, 0.1) is 12.8 Å². The van der Waals surface area contributed by atoms with Gasteiger partial charge in [0.25, 0.3) is 0 Å². The molecule has 0 radical (unpaired) electrons. The molecule has 1 aliphatic rings. The summed E-state index contributed by atoms with van der Waals surface area (Å²) in [7, 11) is -2.21. The number of benzene rings is 2. The fraction of sp³-hybridized carbons (Fsp3) is 0.304. The molecular formula is C23H24N2O5S2. The van der Waals surface area contributed by atoms with E-state index in [1.54, 1.807) is 36.4 Å². The fourth-order valence-corrected chi connectivity index (χ4v) is 6.22. The number of esters is 1. The third-order valence-electron chi connectivity index (χ3n) is 5.65. The Kier molecular flexibility index (Phi) is 6.32. The summed E-state index contributed by atoms with van der Waals surface area (Å²) in [5.41, 5.74) is 1.65. The van der Waals surface area contributed by atoms with Gasteiger partial charge in [-0.3, -0.25) is 4.79 Å². The fourth-order valence-electron chi connectivity index (χ4n) is 3.78. The number of ether oxygens (including phenoxy) is 1. The van der Waals surface area contributed by atoms with Gasteiger partial charge in [0.05, 0.1) is 12.0 Å². The predicted octanol–water partition coefficient (Wildman–Crippen LogP) is 4.04. The smallest absolute Gasteiger partial charge is 0.348 e. The number of nitrogens with one attached hydrogen (secondary N) is 1. The number of amides is 1. The monoisotopic (exact) mass is 472 g/mol. The quantitative estimate of drug-likeness (QED) is 0.566. The van der Waals surface area contributed by atoms with Crippen LogP contribution < -0.4 is 5.32 Å². The molecule has 168 valence electrons. The van der Waals surface area contributed by atoms with Crippen LogP contribution in [-0.2, 0) is 19.6 Å². The zero-order valence-corrected chi connectivity index (χ0v) is 19.5. The maximum Gasteiger partial charge on any atom is 0.348 e. The highest BCUT2D eigenvalue weighted by atomic mass is 32.2. The zero-order chi connectivity index (χ0) is 22.9. The SMILES string of the molecule is COC(=O)c1cc2cc(NC(=O)C3CCN(S(=O)(=O)c4ccc(C)cc4)CC3)ccc2s1. The molecule has 0 unspecified atom stereocenters. The summed E-state index contributed by atoms with van der Waals surface area (Å²) >= 11 is 1.34. The highest BCUT2D eigenvalue weighted by molar-refractivity contribution is 7.89. The maximum atomic E-state index is 12.9. The Morgan fingerprint density at radius 2 is 1.75 bits per heavy atom. The number of hydrogen-bond acceptors (Lipinski definition) is 6. The van der Waals surface area contributed by atoms with E-state index in [2.05, 4.69) is 5.32 Å². The standard InChI is InChI=1S/C23H24N2O5S2/c1-15-3-6-19(7-4-15)32(28,29)25-11-9-16(10-12-25)22(26)24-18-5-8-20-17(13-18)14-21(31-20)23(27)30-2/h3-8,13-14,16H,9-12H2,1-2H3,(H,24,26). The predicted molar refractivity (Wildman–Crippen MR) is 124 cm³/mol. The number of anilines is 1. The molecule has 1 saturated heterocycles. The topological polar surface area (TPSA) is 92.8 Å². The lowest BCUT2D eigenvalue weighted by molar-refractivity contribution is -0.120. The van der Waals surface area contributed by atoms with E-state index in [-0.39, 0.29) is 22.7 Å². The van der Waals surface area contributed by atoms with E-state index in [9.17, 15) is 18.0 Å². The highest BCUT2D eigenvalue weighted by Crippen LogP contribution is 2.30. The molecule has 32 heavy (non-hydrogen) atoms. The zero-order valence-electron chi connectivity index (χ0n) is 17.8. The van der Waals surface area contributed by atoms with E-state index in [0.29, 0.717) is 36.5 Å². The van der Waals surface area contributed by atoms with Crippen molar-refractivity contribution in [2.75, 3.05) is 25.5 Å². The number of carbonyl (C=O) groups is 2. The molecule has 0 aliphatic carbocycles. The van der Waals surface area contributed by atoms with Crippen molar-refractivity contribution in [2.45, 2.75) is 24.7 Å². The summed E-state index contributed by atoms with van der Waals surface area (Å²) in [6, 6.07) is 14.0. The van der Waals surface area contributed by atoms with Crippen LogP contribution in [0.25, 0.3) is 10.1 Å². The second kappa shape index (κ2) is 9.01. The Hall–Kier alpha value is -2.75. The third kappa shape index (κ3) is 4.55. The van der Waals surface area contributed by atoms with Crippen molar-refractivity contribution < 1.29 is 22.7 Å². The minimum Gasteiger partial charge on any atom is -0.465 e. The average molecular weight is 473 g/mol. The second-order valence-corrected chi connectivity index (χ2v) is 10.9. The molecule has 3 aromatic rings. The molecule has 0 atom stereocenters. The molecular weight excluding hydrogens is 448 g/mol. The molecule has 1 aromatic heterocycles. The number of nitrogens with zero attached hydrogens (tertiary/aromatic N) is 1. The molecule has 7 nitrogen and oxygen atoms in total. The second-order valence-electron chi connectivity index (χ2n) is 7.84. The summed E-state index contributed by atoms with van der Waals surface area (Å²) in [6.07, 6.45) is 0.925. The molecule has 0 saturated carbocycles. The third-order valence-corrected chi connectivity index (χ3v) is 8.66. The first-order valence-electron chi connectivity index (χ1n) is 10.3. The van der Waals surface area contributed by atoms with Crippen LogP contribution in [-0.4, -0.2) is 44.8 Å². The van der Waals surface area contributed by atoms with E-state index in [0.717, 1.165) is 15.6 Å². The first-order valence-corrected chi connectivity index (χ1v) is 12.5. The minimum absolute atomic E-state index is 0.125. The molecule has 1 amide bonds. The van der Waals surface area contributed by atoms with Crippen molar-refractivity contribution in [1.82, 2.24) is 4.31 Å². The van der Waals surface area contributed by atoms with Crippen molar-refractivity contribution in [2.24, 2.45) is 5.92 Å². The maximum absolute atomic E-state index is 12.9. The van der Waals surface area contributed by atoms with Gasteiger partial charge in [0.15, 0.2) is 0 Å². The molecule has 1 aliphatic heterocycles. The van der Waals surface area contributed by atoms with Crippen molar-refractivity contribution in [3.8, 4) is 0 Å². The molecule has 1 N–H and O–H groups in total. The van der Waals surface area contributed by atoms with Crippen LogP contribution in [0.4, 0.5) is 5.69 Å². The van der Waals surface area contributed by atoms with E-state index < -0.39 is 10.0 Å². The average Bonchev–Trinajstić information content (AvgIpc) is 3.22. The van der Waals surface area contributed by atoms with Gasteiger partial charge >= 0.3 is 5.97 Å². The lowest BCUT2D eigenvalue weighted by atomic mass is 9.97. The Morgan fingerprint density at radius 1 is 1.06 bits per heavy atom. The molecule has 0 spiro atoms. The summed E-state index contributed by atoms with van der Waals surface area (Å²) < 4.78 is 32.9. The number of thiophene rings is 1. The van der Waals surface area contributed by atoms with Crippen LogP contribution in [0.5, 0.6) is 0 Å². The van der Waals surface area contributed by atoms with Gasteiger partial charge in [-0.05, 0) is 61.5 Å². The number of rotatable bonds is 5. The molecule has 1 fully saturated rings.